The standard InChI is InChI=1S/C12H15NO/c1-12(2,3)11-5-4-9(7-13)6-10(11)8-14/h4-6,14H,8H2,1-3H3. The third kappa shape index (κ3) is 2.12. The minimum atomic E-state index is -0.0118. The molecule has 0 aliphatic carbocycles. The maximum absolute atomic E-state index is 9.19. The lowest BCUT2D eigenvalue weighted by atomic mass is 9.83. The maximum Gasteiger partial charge on any atom is 0.0991 e. The van der Waals surface area contributed by atoms with E-state index in [0.717, 1.165) is 11.1 Å². The van der Waals surface area contributed by atoms with Gasteiger partial charge in [0.05, 0.1) is 18.2 Å². The van der Waals surface area contributed by atoms with Gasteiger partial charge in [0.1, 0.15) is 0 Å². The van der Waals surface area contributed by atoms with Crippen LogP contribution in [-0.2, 0) is 12.0 Å². The van der Waals surface area contributed by atoms with Crippen molar-refractivity contribution < 1.29 is 5.11 Å². The highest BCUT2D eigenvalue weighted by Gasteiger charge is 2.17. The third-order valence-electron chi connectivity index (χ3n) is 2.21. The second kappa shape index (κ2) is 3.81. The molecule has 0 spiro atoms. The van der Waals surface area contributed by atoms with Crippen LogP contribution < -0.4 is 0 Å². The topological polar surface area (TPSA) is 44.0 Å². The molecule has 0 fully saturated rings. The predicted molar refractivity (Wildman–Crippen MR) is 55.8 cm³/mol. The van der Waals surface area contributed by atoms with Crippen molar-refractivity contribution in [3.8, 4) is 6.07 Å². The molecule has 0 atom stereocenters. The molecule has 2 heteroatoms. The zero-order valence-electron chi connectivity index (χ0n) is 8.83. The van der Waals surface area contributed by atoms with Gasteiger partial charge in [-0.3, -0.25) is 0 Å². The van der Waals surface area contributed by atoms with E-state index in [2.05, 4.69) is 26.8 Å². The molecule has 0 amide bonds. The number of hydrogen-bond acceptors (Lipinski definition) is 2. The van der Waals surface area contributed by atoms with Crippen LogP contribution in [-0.4, -0.2) is 5.11 Å². The lowest BCUT2D eigenvalue weighted by molar-refractivity contribution is 0.278. The molecule has 0 saturated heterocycles. The molecule has 2 nitrogen and oxygen atoms in total. The number of aliphatic hydroxyl groups is 1. The Labute approximate surface area is 84.8 Å². The lowest BCUT2D eigenvalue weighted by Gasteiger charge is -2.22. The van der Waals surface area contributed by atoms with Crippen molar-refractivity contribution in [1.29, 1.82) is 5.26 Å². The Kier molecular flexibility index (Phi) is 2.93. The van der Waals surface area contributed by atoms with E-state index in [9.17, 15) is 5.11 Å². The summed E-state index contributed by atoms with van der Waals surface area (Å²) in [7, 11) is 0. The van der Waals surface area contributed by atoms with Gasteiger partial charge in [-0.2, -0.15) is 5.26 Å². The van der Waals surface area contributed by atoms with E-state index in [4.69, 9.17) is 5.26 Å². The highest BCUT2D eigenvalue weighted by atomic mass is 16.3. The van der Waals surface area contributed by atoms with Crippen LogP contribution in [0.1, 0.15) is 37.5 Å². The van der Waals surface area contributed by atoms with Crippen LogP contribution in [0.15, 0.2) is 18.2 Å². The van der Waals surface area contributed by atoms with Gasteiger partial charge in [-0.05, 0) is 28.7 Å². The molecule has 0 bridgehead atoms. The van der Waals surface area contributed by atoms with Gasteiger partial charge >= 0.3 is 0 Å². The molecule has 14 heavy (non-hydrogen) atoms. The predicted octanol–water partition coefficient (Wildman–Crippen LogP) is 2.35. The molecule has 0 unspecified atom stereocenters. The van der Waals surface area contributed by atoms with E-state index < -0.39 is 0 Å². The van der Waals surface area contributed by atoms with E-state index in [1.54, 1.807) is 12.1 Å². The number of nitriles is 1. The summed E-state index contributed by atoms with van der Waals surface area (Å²) >= 11 is 0. The summed E-state index contributed by atoms with van der Waals surface area (Å²) in [5.74, 6) is 0. The van der Waals surface area contributed by atoms with Gasteiger partial charge in [0, 0.05) is 0 Å². The van der Waals surface area contributed by atoms with Gasteiger partial charge in [-0.25, -0.2) is 0 Å². The van der Waals surface area contributed by atoms with E-state index in [0.29, 0.717) is 5.56 Å². The van der Waals surface area contributed by atoms with E-state index in [-0.39, 0.29) is 12.0 Å². The minimum absolute atomic E-state index is 0.00600. The largest absolute Gasteiger partial charge is 0.392 e. The van der Waals surface area contributed by atoms with E-state index >= 15 is 0 Å². The quantitative estimate of drug-likeness (QED) is 0.737. The summed E-state index contributed by atoms with van der Waals surface area (Å²) in [4.78, 5) is 0. The molecule has 0 aromatic heterocycles. The fourth-order valence-corrected chi connectivity index (χ4v) is 1.53. The Bertz CT molecular complexity index is 369. The number of hydrogen-bond donors (Lipinski definition) is 1. The van der Waals surface area contributed by atoms with Crippen LogP contribution in [0, 0.1) is 11.3 Å². The number of aliphatic hydroxyl groups excluding tert-OH is 1. The van der Waals surface area contributed by atoms with Crippen molar-refractivity contribution in [2.45, 2.75) is 32.8 Å². The first-order chi connectivity index (χ1) is 6.49. The normalized spacial score (nSPS) is 11.1. The smallest absolute Gasteiger partial charge is 0.0991 e. The Balaban J connectivity index is 3.27. The summed E-state index contributed by atoms with van der Waals surface area (Å²) in [6.45, 7) is 6.26. The number of nitrogens with zero attached hydrogens (tertiary/aromatic N) is 1. The van der Waals surface area contributed by atoms with Crippen LogP contribution in [0.2, 0.25) is 0 Å². The molecule has 74 valence electrons. The van der Waals surface area contributed by atoms with Gasteiger partial charge in [0.15, 0.2) is 0 Å². The SMILES string of the molecule is CC(C)(C)c1ccc(C#N)cc1CO. The Hall–Kier alpha value is -1.33. The first kappa shape index (κ1) is 10.7. The number of benzene rings is 1. The van der Waals surface area contributed by atoms with Crippen LogP contribution in [0.25, 0.3) is 0 Å². The molecule has 1 rings (SSSR count). The highest BCUT2D eigenvalue weighted by Crippen LogP contribution is 2.26. The van der Waals surface area contributed by atoms with Gasteiger partial charge < -0.3 is 5.11 Å². The first-order valence-electron chi connectivity index (χ1n) is 4.63. The van der Waals surface area contributed by atoms with Crippen molar-refractivity contribution >= 4 is 0 Å². The Morgan fingerprint density at radius 3 is 2.43 bits per heavy atom. The second-order valence-corrected chi connectivity index (χ2v) is 4.39. The maximum atomic E-state index is 9.19. The minimum Gasteiger partial charge on any atom is -0.392 e. The monoisotopic (exact) mass is 189 g/mol. The number of rotatable bonds is 1. The molecule has 0 heterocycles. The summed E-state index contributed by atoms with van der Waals surface area (Å²) < 4.78 is 0. The summed E-state index contributed by atoms with van der Waals surface area (Å²) in [6, 6.07) is 7.53. The average molecular weight is 189 g/mol. The highest BCUT2D eigenvalue weighted by molar-refractivity contribution is 5.40. The van der Waals surface area contributed by atoms with Crippen molar-refractivity contribution in [2.75, 3.05) is 0 Å². The molecule has 0 aliphatic heterocycles. The van der Waals surface area contributed by atoms with Crippen molar-refractivity contribution in [3.05, 3.63) is 34.9 Å². The fraction of sp³-hybridized carbons (Fsp3) is 0.417. The van der Waals surface area contributed by atoms with Crippen molar-refractivity contribution in [1.82, 2.24) is 0 Å². The fourth-order valence-electron chi connectivity index (χ4n) is 1.53. The molecular weight excluding hydrogens is 174 g/mol. The van der Waals surface area contributed by atoms with E-state index in [1.165, 1.54) is 0 Å². The average Bonchev–Trinajstić information content (AvgIpc) is 2.15. The molecule has 1 aromatic carbocycles. The van der Waals surface area contributed by atoms with Crippen molar-refractivity contribution in [3.63, 3.8) is 0 Å². The zero-order chi connectivity index (χ0) is 10.8. The van der Waals surface area contributed by atoms with Crippen LogP contribution in [0.4, 0.5) is 0 Å². The molecule has 0 radical (unpaired) electrons. The second-order valence-electron chi connectivity index (χ2n) is 4.39. The Morgan fingerprint density at radius 2 is 2.00 bits per heavy atom. The van der Waals surface area contributed by atoms with Crippen LogP contribution in [0.3, 0.4) is 0 Å². The first-order valence-corrected chi connectivity index (χ1v) is 4.63. The van der Waals surface area contributed by atoms with E-state index in [1.807, 2.05) is 6.07 Å². The van der Waals surface area contributed by atoms with Gasteiger partial charge in [-0.1, -0.05) is 26.8 Å². The molecule has 0 saturated carbocycles. The van der Waals surface area contributed by atoms with Gasteiger partial charge in [0.2, 0.25) is 0 Å². The summed E-state index contributed by atoms with van der Waals surface area (Å²) in [5, 5.41) is 17.9. The van der Waals surface area contributed by atoms with Crippen molar-refractivity contribution in [2.24, 2.45) is 0 Å². The van der Waals surface area contributed by atoms with Crippen LogP contribution in [0.5, 0.6) is 0 Å². The molecule has 1 aromatic rings. The van der Waals surface area contributed by atoms with Gasteiger partial charge in [0.25, 0.3) is 0 Å². The lowest BCUT2D eigenvalue weighted by Crippen LogP contribution is -2.14. The molecule has 0 aliphatic rings. The van der Waals surface area contributed by atoms with Crippen LogP contribution >= 0.6 is 0 Å². The summed E-state index contributed by atoms with van der Waals surface area (Å²) in [6.07, 6.45) is 0. The molecular formula is C12H15NO. The molecule has 1 N–H and O–H groups in total. The third-order valence-corrected chi connectivity index (χ3v) is 2.21. The zero-order valence-corrected chi connectivity index (χ0v) is 8.83. The summed E-state index contributed by atoms with van der Waals surface area (Å²) in [5.41, 5.74) is 2.55. The van der Waals surface area contributed by atoms with Gasteiger partial charge in [-0.15, -0.1) is 0 Å². The Morgan fingerprint density at radius 1 is 1.36 bits per heavy atom.